The summed E-state index contributed by atoms with van der Waals surface area (Å²) in [7, 11) is 0. The smallest absolute Gasteiger partial charge is 0.269 e. The van der Waals surface area contributed by atoms with E-state index in [-0.39, 0.29) is 11.4 Å². The van der Waals surface area contributed by atoms with Crippen LogP contribution in [0.15, 0.2) is 35.1 Å². The molecule has 0 aliphatic heterocycles. The molecule has 0 radical (unpaired) electrons. The number of carbonyl (C=O) groups excluding carboxylic acids is 1. The fourth-order valence-electron chi connectivity index (χ4n) is 5.90. The number of hydrogen-bond donors (Lipinski definition) is 4. The third kappa shape index (κ3) is 3.66. The number of carbonyl (C=O) groups is 1. The number of nitrogens with two attached hydrogens (primary N) is 1. The summed E-state index contributed by atoms with van der Waals surface area (Å²) in [5, 5.41) is 3.69. The molecule has 1 aromatic carbocycles. The summed E-state index contributed by atoms with van der Waals surface area (Å²) in [5.41, 5.74) is 12.9. The van der Waals surface area contributed by atoms with Crippen molar-refractivity contribution in [3.8, 4) is 0 Å². The van der Waals surface area contributed by atoms with E-state index in [0.717, 1.165) is 22.2 Å². The standard InChI is InChI=1S/C21H25BrN6O/c22-16-3-1-15(2-4-16)20(29)28-27-19-17(23)18(24-11-25-19)26-21-8-12-5-13(9-21)7-14(6-12)10-21/h1-4,11-14H,5-10,23H2,(H,28,29)(H2,24,25,26,27). The van der Waals surface area contributed by atoms with Crippen LogP contribution in [0.2, 0.25) is 0 Å². The molecule has 0 spiro atoms. The first-order valence-electron chi connectivity index (χ1n) is 10.2. The van der Waals surface area contributed by atoms with Crippen molar-refractivity contribution in [1.82, 2.24) is 15.4 Å². The Hall–Kier alpha value is -2.35. The number of benzene rings is 1. The van der Waals surface area contributed by atoms with Gasteiger partial charge in [0.2, 0.25) is 0 Å². The number of anilines is 3. The Balaban J connectivity index is 1.29. The van der Waals surface area contributed by atoms with Crippen molar-refractivity contribution in [3.05, 3.63) is 40.6 Å². The number of amides is 1. The molecule has 1 amide bonds. The molecule has 1 aromatic heterocycles. The Morgan fingerprint density at radius 2 is 1.59 bits per heavy atom. The van der Waals surface area contributed by atoms with Crippen LogP contribution in [0.3, 0.4) is 0 Å². The molecule has 0 saturated heterocycles. The van der Waals surface area contributed by atoms with Crippen LogP contribution in [0.5, 0.6) is 0 Å². The fraction of sp³-hybridized carbons (Fsp3) is 0.476. The predicted molar refractivity (Wildman–Crippen MR) is 116 cm³/mol. The number of rotatable bonds is 5. The highest BCUT2D eigenvalue weighted by atomic mass is 79.9. The van der Waals surface area contributed by atoms with E-state index >= 15 is 0 Å². The lowest BCUT2D eigenvalue weighted by Gasteiger charge is -2.57. The van der Waals surface area contributed by atoms with Gasteiger partial charge in [-0.05, 0) is 80.5 Å². The lowest BCUT2D eigenvalue weighted by atomic mass is 9.53. The van der Waals surface area contributed by atoms with E-state index in [1.165, 1.54) is 44.9 Å². The minimum absolute atomic E-state index is 0.106. The molecule has 4 aliphatic rings. The maximum atomic E-state index is 12.3. The summed E-state index contributed by atoms with van der Waals surface area (Å²) >= 11 is 3.37. The molecule has 4 aliphatic carbocycles. The topological polar surface area (TPSA) is 105 Å². The Morgan fingerprint density at radius 3 is 2.21 bits per heavy atom. The average Bonchev–Trinajstić information content (AvgIpc) is 2.68. The summed E-state index contributed by atoms with van der Waals surface area (Å²) in [6.45, 7) is 0. The van der Waals surface area contributed by atoms with Gasteiger partial charge in [-0.1, -0.05) is 15.9 Å². The predicted octanol–water partition coefficient (Wildman–Crippen LogP) is 3.96. The van der Waals surface area contributed by atoms with E-state index in [0.29, 0.717) is 22.9 Å². The fourth-order valence-corrected chi connectivity index (χ4v) is 6.16. The van der Waals surface area contributed by atoms with Crippen LogP contribution in [0.25, 0.3) is 0 Å². The van der Waals surface area contributed by atoms with Gasteiger partial charge in [0.1, 0.15) is 12.0 Å². The molecule has 2 aromatic rings. The molecule has 6 rings (SSSR count). The molecular weight excluding hydrogens is 432 g/mol. The maximum Gasteiger partial charge on any atom is 0.269 e. The molecule has 7 nitrogen and oxygen atoms in total. The summed E-state index contributed by atoms with van der Waals surface area (Å²) in [4.78, 5) is 20.9. The molecule has 4 bridgehead atoms. The molecule has 29 heavy (non-hydrogen) atoms. The van der Waals surface area contributed by atoms with Gasteiger partial charge in [-0.15, -0.1) is 0 Å². The number of hydrogen-bond acceptors (Lipinski definition) is 6. The zero-order chi connectivity index (χ0) is 20.0. The highest BCUT2D eigenvalue weighted by molar-refractivity contribution is 9.10. The lowest BCUT2D eigenvalue weighted by molar-refractivity contribution is 0.0106. The van der Waals surface area contributed by atoms with Gasteiger partial charge >= 0.3 is 0 Å². The zero-order valence-corrected chi connectivity index (χ0v) is 17.7. The van der Waals surface area contributed by atoms with Crippen molar-refractivity contribution in [3.63, 3.8) is 0 Å². The summed E-state index contributed by atoms with van der Waals surface area (Å²) < 4.78 is 0.919. The van der Waals surface area contributed by atoms with E-state index in [1.54, 1.807) is 12.1 Å². The molecule has 4 saturated carbocycles. The van der Waals surface area contributed by atoms with Crippen LogP contribution < -0.4 is 21.9 Å². The number of aromatic nitrogens is 2. The lowest BCUT2D eigenvalue weighted by Crippen LogP contribution is -2.55. The van der Waals surface area contributed by atoms with Gasteiger partial charge in [0.15, 0.2) is 11.6 Å². The Kier molecular flexibility index (Phi) is 4.61. The van der Waals surface area contributed by atoms with Crippen LogP contribution in [0, 0.1) is 17.8 Å². The number of halogens is 1. The van der Waals surface area contributed by atoms with Gasteiger partial charge in [-0.3, -0.25) is 15.6 Å². The SMILES string of the molecule is Nc1c(NNC(=O)c2ccc(Br)cc2)ncnc1NC12CC3CC(CC(C3)C1)C2. The van der Waals surface area contributed by atoms with E-state index in [9.17, 15) is 4.79 Å². The monoisotopic (exact) mass is 456 g/mol. The van der Waals surface area contributed by atoms with Gasteiger partial charge in [0.25, 0.3) is 5.91 Å². The molecular formula is C21H25BrN6O. The van der Waals surface area contributed by atoms with E-state index in [2.05, 4.69) is 42.1 Å². The maximum absolute atomic E-state index is 12.3. The normalized spacial score (nSPS) is 29.5. The van der Waals surface area contributed by atoms with Crippen LogP contribution in [0.1, 0.15) is 48.9 Å². The van der Waals surface area contributed by atoms with E-state index in [1.807, 2.05) is 12.1 Å². The third-order valence-electron chi connectivity index (χ3n) is 6.71. The number of nitrogens with zero attached hydrogens (tertiary/aromatic N) is 2. The third-order valence-corrected chi connectivity index (χ3v) is 7.24. The largest absolute Gasteiger partial charge is 0.393 e. The molecule has 8 heteroatoms. The summed E-state index contributed by atoms with van der Waals surface area (Å²) in [6.07, 6.45) is 9.23. The highest BCUT2D eigenvalue weighted by Gasteiger charge is 2.51. The van der Waals surface area contributed by atoms with Crippen molar-refractivity contribution in [2.45, 2.75) is 44.1 Å². The van der Waals surface area contributed by atoms with Crippen molar-refractivity contribution in [1.29, 1.82) is 0 Å². The molecule has 0 atom stereocenters. The van der Waals surface area contributed by atoms with Crippen LogP contribution in [-0.2, 0) is 0 Å². The minimum Gasteiger partial charge on any atom is -0.393 e. The summed E-state index contributed by atoms with van der Waals surface area (Å²) in [5.74, 6) is 3.30. The van der Waals surface area contributed by atoms with Crippen molar-refractivity contribution >= 4 is 39.2 Å². The van der Waals surface area contributed by atoms with Crippen molar-refractivity contribution < 1.29 is 4.79 Å². The van der Waals surface area contributed by atoms with Crippen molar-refractivity contribution in [2.24, 2.45) is 17.8 Å². The van der Waals surface area contributed by atoms with Crippen LogP contribution >= 0.6 is 15.9 Å². The van der Waals surface area contributed by atoms with E-state index in [4.69, 9.17) is 5.73 Å². The van der Waals surface area contributed by atoms with Gasteiger partial charge in [-0.2, -0.15) is 0 Å². The average molecular weight is 457 g/mol. The van der Waals surface area contributed by atoms with Gasteiger partial charge in [0, 0.05) is 15.6 Å². The molecule has 1 heterocycles. The minimum atomic E-state index is -0.258. The second-order valence-electron chi connectivity index (χ2n) is 8.89. The number of hydrazine groups is 1. The summed E-state index contributed by atoms with van der Waals surface area (Å²) in [6, 6.07) is 7.12. The quantitative estimate of drug-likeness (QED) is 0.507. The van der Waals surface area contributed by atoms with Gasteiger partial charge < -0.3 is 11.1 Å². The molecule has 0 unspecified atom stereocenters. The van der Waals surface area contributed by atoms with Gasteiger partial charge in [0.05, 0.1) is 0 Å². The second kappa shape index (κ2) is 7.16. The Labute approximate surface area is 178 Å². The van der Waals surface area contributed by atoms with Crippen LogP contribution in [0.4, 0.5) is 17.3 Å². The molecule has 4 fully saturated rings. The second-order valence-corrected chi connectivity index (χ2v) is 9.81. The van der Waals surface area contributed by atoms with Gasteiger partial charge in [-0.25, -0.2) is 9.97 Å². The first-order chi connectivity index (χ1) is 14.0. The Bertz CT molecular complexity index is 896. The Morgan fingerprint density at radius 1 is 1.00 bits per heavy atom. The first kappa shape index (κ1) is 18.7. The zero-order valence-electron chi connectivity index (χ0n) is 16.1. The highest BCUT2D eigenvalue weighted by Crippen LogP contribution is 2.56. The number of nitrogens with one attached hydrogen (secondary N) is 3. The first-order valence-corrected chi connectivity index (χ1v) is 11.0. The van der Waals surface area contributed by atoms with E-state index < -0.39 is 0 Å². The van der Waals surface area contributed by atoms with Crippen LogP contribution in [-0.4, -0.2) is 21.4 Å². The molecule has 152 valence electrons. The van der Waals surface area contributed by atoms with Crippen molar-refractivity contribution in [2.75, 3.05) is 16.5 Å². The molecule has 5 N–H and O–H groups in total. The number of nitrogen functional groups attached to an aromatic ring is 1.